The lowest BCUT2D eigenvalue weighted by molar-refractivity contribution is -0.119. The Labute approximate surface area is 196 Å². The zero-order valence-corrected chi connectivity index (χ0v) is 19.4. The largest absolute Gasteiger partial charge is 0.355 e. The van der Waals surface area contributed by atoms with Gasteiger partial charge in [0.1, 0.15) is 0 Å². The number of hydrogen-bond donors (Lipinski definition) is 1. The van der Waals surface area contributed by atoms with Crippen LogP contribution < -0.4 is 5.32 Å². The van der Waals surface area contributed by atoms with E-state index in [0.717, 1.165) is 11.1 Å². The van der Waals surface area contributed by atoms with Crippen LogP contribution in [0.4, 0.5) is 0 Å². The van der Waals surface area contributed by atoms with E-state index in [2.05, 4.69) is 33.9 Å². The van der Waals surface area contributed by atoms with Crippen LogP contribution in [0.5, 0.6) is 0 Å². The molecule has 2 atom stereocenters. The molecule has 1 aliphatic heterocycles. The van der Waals surface area contributed by atoms with Gasteiger partial charge in [0.25, 0.3) is 5.91 Å². The Morgan fingerprint density at radius 2 is 1.97 bits per heavy atom. The Balaban J connectivity index is 1.90. The number of nitrogens with zero attached hydrogens (tertiary/aromatic N) is 3. The molecule has 1 N–H and O–H groups in total. The number of carbonyl (C=O) groups excluding carboxylic acids is 2. The van der Waals surface area contributed by atoms with Gasteiger partial charge in [0.15, 0.2) is 0 Å². The third-order valence-corrected chi connectivity index (χ3v) is 5.72. The Morgan fingerprint density at radius 1 is 1.18 bits per heavy atom. The van der Waals surface area contributed by atoms with Crippen LogP contribution >= 0.6 is 0 Å². The van der Waals surface area contributed by atoms with Gasteiger partial charge in [-0.05, 0) is 30.2 Å². The zero-order chi connectivity index (χ0) is 23.6. The van der Waals surface area contributed by atoms with E-state index in [1.165, 1.54) is 6.92 Å². The molecule has 0 spiro atoms. The molecule has 33 heavy (non-hydrogen) atoms. The van der Waals surface area contributed by atoms with Crippen molar-refractivity contribution in [3.05, 3.63) is 102 Å². The number of pyridine rings is 1. The summed E-state index contributed by atoms with van der Waals surface area (Å²) in [6.07, 6.45) is 11.2. The molecule has 3 rings (SSSR count). The van der Waals surface area contributed by atoms with Gasteiger partial charge in [0, 0.05) is 51.5 Å². The monoisotopic (exact) mass is 444 g/mol. The molecule has 172 valence electrons. The summed E-state index contributed by atoms with van der Waals surface area (Å²) in [4.78, 5) is 33.1. The fourth-order valence-electron chi connectivity index (χ4n) is 4.14. The highest BCUT2D eigenvalue weighted by atomic mass is 16.2. The van der Waals surface area contributed by atoms with Crippen LogP contribution in [0.3, 0.4) is 0 Å². The fraction of sp³-hybridized carbons (Fsp3) is 0.296. The molecule has 1 fully saturated rings. The van der Waals surface area contributed by atoms with Crippen molar-refractivity contribution in [3.8, 4) is 0 Å². The summed E-state index contributed by atoms with van der Waals surface area (Å²) in [6.45, 7) is 10.1. The number of rotatable bonds is 8. The number of amides is 2. The highest BCUT2D eigenvalue weighted by Crippen LogP contribution is 2.32. The van der Waals surface area contributed by atoms with Gasteiger partial charge in [-0.15, -0.1) is 0 Å². The average molecular weight is 445 g/mol. The van der Waals surface area contributed by atoms with Gasteiger partial charge < -0.3 is 10.2 Å². The maximum Gasteiger partial charge on any atom is 0.255 e. The van der Waals surface area contributed by atoms with E-state index < -0.39 is 0 Å². The number of benzene rings is 1. The topological polar surface area (TPSA) is 65.5 Å². The first kappa shape index (κ1) is 24.1. The lowest BCUT2D eigenvalue weighted by atomic mass is 9.94. The Hall–Kier alpha value is -3.51. The molecule has 6 nitrogen and oxygen atoms in total. The van der Waals surface area contributed by atoms with Crippen molar-refractivity contribution in [1.29, 1.82) is 0 Å². The first-order chi connectivity index (χ1) is 16.0. The molecule has 1 aliphatic rings. The summed E-state index contributed by atoms with van der Waals surface area (Å²) in [6, 6.07) is 13.7. The van der Waals surface area contributed by atoms with Crippen LogP contribution in [0.15, 0.2) is 91.3 Å². The normalized spacial score (nSPS) is 17.9. The van der Waals surface area contributed by atoms with Crippen LogP contribution in [0.1, 0.15) is 35.8 Å². The molecule has 2 amide bonds. The number of allylic oxidation sites excluding steroid dienone is 3. The minimum Gasteiger partial charge on any atom is -0.355 e. The minimum atomic E-state index is -0.0891. The van der Waals surface area contributed by atoms with Crippen LogP contribution in [0.25, 0.3) is 0 Å². The van der Waals surface area contributed by atoms with E-state index in [0.29, 0.717) is 31.7 Å². The molecule has 6 heteroatoms. The zero-order valence-electron chi connectivity index (χ0n) is 19.4. The Bertz CT molecular complexity index is 1000. The lowest BCUT2D eigenvalue weighted by Gasteiger charge is -2.45. The molecule has 2 heterocycles. The van der Waals surface area contributed by atoms with Gasteiger partial charge >= 0.3 is 0 Å². The minimum absolute atomic E-state index is 0.0429. The Morgan fingerprint density at radius 3 is 2.64 bits per heavy atom. The molecule has 0 saturated carbocycles. The van der Waals surface area contributed by atoms with Gasteiger partial charge in [-0.3, -0.25) is 19.5 Å². The maximum atomic E-state index is 13.1. The number of carbonyl (C=O) groups is 2. The van der Waals surface area contributed by atoms with Gasteiger partial charge in [0.05, 0.1) is 11.6 Å². The van der Waals surface area contributed by atoms with Crippen molar-refractivity contribution >= 4 is 11.8 Å². The number of aromatic nitrogens is 1. The van der Waals surface area contributed by atoms with E-state index in [4.69, 9.17) is 0 Å². The molecular formula is C27H32N4O2. The standard InChI is InChI=1S/C27H32N4O2/c1-4-5-7-11-21(2)26(23-12-8-6-9-13-23)31-17-16-30(20-25(31)19-29-22(3)32)27(33)24-14-10-15-28-18-24/h4-15,18,25-26H,2,16-17,19-20H2,1,3H3,(H,29,32)/b5-4-,11-7-. The molecule has 1 aromatic heterocycles. The van der Waals surface area contributed by atoms with E-state index in [1.807, 2.05) is 54.3 Å². The maximum absolute atomic E-state index is 13.1. The molecule has 0 bridgehead atoms. The van der Waals surface area contributed by atoms with E-state index in [9.17, 15) is 9.59 Å². The summed E-state index contributed by atoms with van der Waals surface area (Å²) in [5.41, 5.74) is 2.66. The molecule has 0 aliphatic carbocycles. The summed E-state index contributed by atoms with van der Waals surface area (Å²) in [5.74, 6) is -0.132. The predicted octanol–water partition coefficient (Wildman–Crippen LogP) is 3.77. The second-order valence-electron chi connectivity index (χ2n) is 8.09. The SMILES string of the molecule is C=C(/C=C\C=C/C)C(c1ccccc1)N1CCN(C(=O)c2cccnc2)CC1CNC(C)=O. The fourth-order valence-corrected chi connectivity index (χ4v) is 4.14. The van der Waals surface area contributed by atoms with Gasteiger partial charge in [-0.25, -0.2) is 0 Å². The van der Waals surface area contributed by atoms with Crippen molar-refractivity contribution in [2.24, 2.45) is 0 Å². The average Bonchev–Trinajstić information content (AvgIpc) is 2.84. The van der Waals surface area contributed by atoms with Crippen LogP contribution in [0.2, 0.25) is 0 Å². The highest BCUT2D eigenvalue weighted by molar-refractivity contribution is 5.94. The van der Waals surface area contributed by atoms with Crippen molar-refractivity contribution in [3.63, 3.8) is 0 Å². The van der Waals surface area contributed by atoms with E-state index in [1.54, 1.807) is 24.5 Å². The molecule has 0 radical (unpaired) electrons. The van der Waals surface area contributed by atoms with E-state index in [-0.39, 0.29) is 23.9 Å². The third-order valence-electron chi connectivity index (χ3n) is 5.72. The first-order valence-electron chi connectivity index (χ1n) is 11.2. The second kappa shape index (κ2) is 11.9. The molecule has 1 aromatic carbocycles. The summed E-state index contributed by atoms with van der Waals surface area (Å²) in [5, 5.41) is 2.95. The van der Waals surface area contributed by atoms with Gasteiger partial charge in [-0.1, -0.05) is 61.2 Å². The summed E-state index contributed by atoms with van der Waals surface area (Å²) < 4.78 is 0. The number of nitrogens with one attached hydrogen (secondary N) is 1. The smallest absolute Gasteiger partial charge is 0.255 e. The Kier molecular flexibility index (Phi) is 8.72. The molecular weight excluding hydrogens is 412 g/mol. The van der Waals surface area contributed by atoms with Gasteiger partial charge in [0.2, 0.25) is 5.91 Å². The van der Waals surface area contributed by atoms with Crippen molar-refractivity contribution in [1.82, 2.24) is 20.1 Å². The van der Waals surface area contributed by atoms with E-state index >= 15 is 0 Å². The quantitative estimate of drug-likeness (QED) is 0.630. The highest BCUT2D eigenvalue weighted by Gasteiger charge is 2.35. The molecule has 1 saturated heterocycles. The lowest BCUT2D eigenvalue weighted by Crippen LogP contribution is -2.59. The van der Waals surface area contributed by atoms with Crippen LogP contribution in [-0.4, -0.2) is 58.8 Å². The van der Waals surface area contributed by atoms with Crippen LogP contribution in [-0.2, 0) is 4.79 Å². The second-order valence-corrected chi connectivity index (χ2v) is 8.09. The number of hydrogen-bond acceptors (Lipinski definition) is 4. The van der Waals surface area contributed by atoms with Gasteiger partial charge in [-0.2, -0.15) is 0 Å². The van der Waals surface area contributed by atoms with Crippen molar-refractivity contribution in [2.45, 2.75) is 25.9 Å². The molecule has 2 unspecified atom stereocenters. The van der Waals surface area contributed by atoms with Crippen LogP contribution in [0, 0.1) is 0 Å². The van der Waals surface area contributed by atoms with Crippen molar-refractivity contribution in [2.75, 3.05) is 26.2 Å². The van der Waals surface area contributed by atoms with Crippen molar-refractivity contribution < 1.29 is 9.59 Å². The third kappa shape index (κ3) is 6.49. The number of piperazine rings is 1. The summed E-state index contributed by atoms with van der Waals surface area (Å²) in [7, 11) is 0. The predicted molar refractivity (Wildman–Crippen MR) is 132 cm³/mol. The molecule has 2 aromatic rings. The first-order valence-corrected chi connectivity index (χ1v) is 11.2. The summed E-state index contributed by atoms with van der Waals surface area (Å²) >= 11 is 0.